The van der Waals surface area contributed by atoms with E-state index >= 15 is 0 Å². The molecule has 0 bridgehead atoms. The molecule has 1 fully saturated rings. The molecule has 1 rings (SSSR count). The molecule has 0 aromatic heterocycles. The van der Waals surface area contributed by atoms with Crippen LogP contribution in [-0.4, -0.2) is 25.8 Å². The SMILES string of the molecule is COC(=O)C1CC(F)CC1CN. The van der Waals surface area contributed by atoms with Crippen LogP contribution in [0.4, 0.5) is 4.39 Å². The standard InChI is InChI=1S/C8H14FNO2/c1-12-8(11)7-3-6(9)2-5(7)4-10/h5-7H,2-4,10H2,1H3. The number of carbonyl (C=O) groups excluding carboxylic acids is 1. The largest absolute Gasteiger partial charge is 0.469 e. The lowest BCUT2D eigenvalue weighted by Gasteiger charge is -2.13. The molecule has 1 aliphatic rings. The molecule has 0 saturated heterocycles. The van der Waals surface area contributed by atoms with Crippen LogP contribution in [0, 0.1) is 11.8 Å². The van der Waals surface area contributed by atoms with Gasteiger partial charge in [-0.3, -0.25) is 4.79 Å². The molecule has 2 N–H and O–H groups in total. The van der Waals surface area contributed by atoms with Gasteiger partial charge in [0.15, 0.2) is 0 Å². The van der Waals surface area contributed by atoms with E-state index in [0.29, 0.717) is 13.0 Å². The van der Waals surface area contributed by atoms with Crippen molar-refractivity contribution in [2.45, 2.75) is 19.0 Å². The second kappa shape index (κ2) is 3.85. The molecule has 0 aliphatic heterocycles. The van der Waals surface area contributed by atoms with Crippen molar-refractivity contribution in [1.82, 2.24) is 0 Å². The number of esters is 1. The molecule has 3 unspecified atom stereocenters. The van der Waals surface area contributed by atoms with Crippen molar-refractivity contribution in [3.8, 4) is 0 Å². The van der Waals surface area contributed by atoms with E-state index in [1.165, 1.54) is 7.11 Å². The van der Waals surface area contributed by atoms with E-state index in [0.717, 1.165) is 0 Å². The van der Waals surface area contributed by atoms with Crippen molar-refractivity contribution in [2.24, 2.45) is 17.6 Å². The van der Waals surface area contributed by atoms with Crippen molar-refractivity contribution in [3.05, 3.63) is 0 Å². The van der Waals surface area contributed by atoms with E-state index in [1.54, 1.807) is 0 Å². The number of hydrogen-bond acceptors (Lipinski definition) is 3. The van der Waals surface area contributed by atoms with Crippen LogP contribution in [0.2, 0.25) is 0 Å². The van der Waals surface area contributed by atoms with Crippen LogP contribution in [0.25, 0.3) is 0 Å². The van der Waals surface area contributed by atoms with Gasteiger partial charge in [-0.15, -0.1) is 0 Å². The topological polar surface area (TPSA) is 52.3 Å². The Kier molecular flexibility index (Phi) is 3.03. The lowest BCUT2D eigenvalue weighted by atomic mass is 9.97. The molecule has 1 aliphatic carbocycles. The van der Waals surface area contributed by atoms with Crippen LogP contribution in [-0.2, 0) is 9.53 Å². The number of hydrogen-bond donors (Lipinski definition) is 1. The fraction of sp³-hybridized carbons (Fsp3) is 0.875. The first kappa shape index (κ1) is 9.45. The predicted molar refractivity (Wildman–Crippen MR) is 42.2 cm³/mol. The predicted octanol–water partition coefficient (Wildman–Crippen LogP) is 0.482. The van der Waals surface area contributed by atoms with Crippen molar-refractivity contribution in [1.29, 1.82) is 0 Å². The Hall–Kier alpha value is -0.640. The summed E-state index contributed by atoms with van der Waals surface area (Å²) in [6.45, 7) is 0.361. The fourth-order valence-corrected chi connectivity index (χ4v) is 1.76. The minimum absolute atomic E-state index is 0.0348. The van der Waals surface area contributed by atoms with Crippen LogP contribution < -0.4 is 5.73 Å². The molecule has 0 radical (unpaired) electrons. The highest BCUT2D eigenvalue weighted by molar-refractivity contribution is 5.73. The zero-order chi connectivity index (χ0) is 9.14. The maximum absolute atomic E-state index is 12.8. The third-order valence-electron chi connectivity index (χ3n) is 2.44. The zero-order valence-electron chi connectivity index (χ0n) is 7.13. The summed E-state index contributed by atoms with van der Waals surface area (Å²) in [6.07, 6.45) is -0.215. The quantitative estimate of drug-likeness (QED) is 0.621. The highest BCUT2D eigenvalue weighted by Crippen LogP contribution is 2.33. The molecular weight excluding hydrogens is 161 g/mol. The van der Waals surface area contributed by atoms with Crippen LogP contribution >= 0.6 is 0 Å². The third kappa shape index (κ3) is 1.75. The Labute approximate surface area is 71.1 Å². The number of alkyl halides is 1. The Morgan fingerprint density at radius 2 is 2.33 bits per heavy atom. The molecule has 3 atom stereocenters. The van der Waals surface area contributed by atoms with Gasteiger partial charge in [0, 0.05) is 0 Å². The first-order valence-corrected chi connectivity index (χ1v) is 4.11. The van der Waals surface area contributed by atoms with Gasteiger partial charge in [0.2, 0.25) is 0 Å². The fourth-order valence-electron chi connectivity index (χ4n) is 1.76. The first-order chi connectivity index (χ1) is 5.69. The Bertz CT molecular complexity index is 174. The zero-order valence-corrected chi connectivity index (χ0v) is 7.13. The van der Waals surface area contributed by atoms with Crippen molar-refractivity contribution < 1.29 is 13.9 Å². The highest BCUT2D eigenvalue weighted by atomic mass is 19.1. The maximum Gasteiger partial charge on any atom is 0.309 e. The number of ether oxygens (including phenoxy) is 1. The van der Waals surface area contributed by atoms with Crippen molar-refractivity contribution >= 4 is 5.97 Å². The highest BCUT2D eigenvalue weighted by Gasteiger charge is 2.38. The van der Waals surface area contributed by atoms with Gasteiger partial charge in [0.1, 0.15) is 6.17 Å². The van der Waals surface area contributed by atoms with Crippen molar-refractivity contribution in [3.63, 3.8) is 0 Å². The van der Waals surface area contributed by atoms with Gasteiger partial charge in [-0.1, -0.05) is 0 Å². The summed E-state index contributed by atoms with van der Waals surface area (Å²) in [5.74, 6) is -0.687. The van der Waals surface area contributed by atoms with Crippen LogP contribution in [0.5, 0.6) is 0 Å². The van der Waals surface area contributed by atoms with E-state index in [1.807, 2.05) is 0 Å². The minimum Gasteiger partial charge on any atom is -0.469 e. The summed E-state index contributed by atoms with van der Waals surface area (Å²) in [6, 6.07) is 0. The van der Waals surface area contributed by atoms with Gasteiger partial charge < -0.3 is 10.5 Å². The van der Waals surface area contributed by atoms with Gasteiger partial charge in [-0.25, -0.2) is 4.39 Å². The van der Waals surface area contributed by atoms with Gasteiger partial charge in [0.25, 0.3) is 0 Å². The van der Waals surface area contributed by atoms with E-state index in [4.69, 9.17) is 5.73 Å². The third-order valence-corrected chi connectivity index (χ3v) is 2.44. The smallest absolute Gasteiger partial charge is 0.309 e. The summed E-state index contributed by atoms with van der Waals surface area (Å²) < 4.78 is 17.4. The van der Waals surface area contributed by atoms with Crippen molar-refractivity contribution in [2.75, 3.05) is 13.7 Å². The lowest BCUT2D eigenvalue weighted by Crippen LogP contribution is -2.25. The van der Waals surface area contributed by atoms with Gasteiger partial charge in [-0.05, 0) is 25.3 Å². The Morgan fingerprint density at radius 1 is 1.67 bits per heavy atom. The Morgan fingerprint density at radius 3 is 2.83 bits per heavy atom. The van der Waals surface area contributed by atoms with Gasteiger partial charge in [0.05, 0.1) is 13.0 Å². The number of halogens is 1. The van der Waals surface area contributed by atoms with Gasteiger partial charge >= 0.3 is 5.97 Å². The molecule has 0 heterocycles. The Balaban J connectivity index is 2.57. The maximum atomic E-state index is 12.8. The lowest BCUT2D eigenvalue weighted by molar-refractivity contribution is -0.146. The van der Waals surface area contributed by atoms with Crippen LogP contribution in [0.3, 0.4) is 0 Å². The number of nitrogens with two attached hydrogens (primary N) is 1. The molecule has 0 aromatic carbocycles. The van der Waals surface area contributed by atoms with E-state index in [2.05, 4.69) is 4.74 Å². The van der Waals surface area contributed by atoms with Gasteiger partial charge in [-0.2, -0.15) is 0 Å². The summed E-state index contributed by atoms with van der Waals surface area (Å²) in [4.78, 5) is 11.1. The molecular formula is C8H14FNO2. The average Bonchev–Trinajstić information content (AvgIpc) is 2.45. The molecule has 0 aromatic rings. The van der Waals surface area contributed by atoms with E-state index < -0.39 is 6.17 Å². The molecule has 0 amide bonds. The second-order valence-corrected chi connectivity index (χ2v) is 3.19. The van der Waals surface area contributed by atoms with Crippen LogP contribution in [0.15, 0.2) is 0 Å². The summed E-state index contributed by atoms with van der Waals surface area (Å²) in [5, 5.41) is 0. The molecule has 4 heteroatoms. The second-order valence-electron chi connectivity index (χ2n) is 3.19. The van der Waals surface area contributed by atoms with Crippen LogP contribution in [0.1, 0.15) is 12.8 Å². The summed E-state index contributed by atoms with van der Waals surface area (Å²) >= 11 is 0. The summed E-state index contributed by atoms with van der Waals surface area (Å²) in [5.41, 5.74) is 5.40. The molecule has 12 heavy (non-hydrogen) atoms. The minimum atomic E-state index is -0.886. The number of carbonyl (C=O) groups is 1. The number of methoxy groups -OCH3 is 1. The monoisotopic (exact) mass is 175 g/mol. The first-order valence-electron chi connectivity index (χ1n) is 4.11. The molecule has 3 nitrogen and oxygen atoms in total. The average molecular weight is 175 g/mol. The summed E-state index contributed by atoms with van der Waals surface area (Å²) in [7, 11) is 1.32. The number of rotatable bonds is 2. The van der Waals surface area contributed by atoms with E-state index in [-0.39, 0.29) is 24.2 Å². The molecule has 0 spiro atoms. The molecule has 70 valence electrons. The normalized spacial score (nSPS) is 35.1. The van der Waals surface area contributed by atoms with E-state index in [9.17, 15) is 9.18 Å². The molecule has 1 saturated carbocycles.